The predicted molar refractivity (Wildman–Crippen MR) is 102 cm³/mol. The lowest BCUT2D eigenvalue weighted by atomic mass is 10.2. The second-order valence-electron chi connectivity index (χ2n) is 6.70. The SMILES string of the molecule is Cn1c(=O)c2c(nc(N3CCCC3)n2Cc2ccc(Cl)cc2)n(C)c1=O. The van der Waals surface area contributed by atoms with Gasteiger partial charge >= 0.3 is 5.69 Å². The molecular weight excluding hydrogens is 354 g/mol. The van der Waals surface area contributed by atoms with E-state index < -0.39 is 0 Å². The second-order valence-corrected chi connectivity index (χ2v) is 7.13. The maximum absolute atomic E-state index is 12.8. The molecule has 1 fully saturated rings. The van der Waals surface area contributed by atoms with Crippen LogP contribution in [0.15, 0.2) is 33.9 Å². The van der Waals surface area contributed by atoms with Gasteiger partial charge in [-0.3, -0.25) is 18.5 Å². The molecular formula is C18H20ClN5O2. The highest BCUT2D eigenvalue weighted by Gasteiger charge is 2.24. The van der Waals surface area contributed by atoms with Crippen molar-refractivity contribution < 1.29 is 0 Å². The zero-order valence-electron chi connectivity index (χ0n) is 14.8. The van der Waals surface area contributed by atoms with Gasteiger partial charge in [0.25, 0.3) is 5.56 Å². The molecule has 0 spiro atoms. The predicted octanol–water partition coefficient (Wildman–Crippen LogP) is 1.74. The molecule has 4 rings (SSSR count). The number of hydrogen-bond donors (Lipinski definition) is 0. The topological polar surface area (TPSA) is 65.1 Å². The first-order chi connectivity index (χ1) is 12.5. The van der Waals surface area contributed by atoms with Crippen LogP contribution >= 0.6 is 11.6 Å². The molecule has 3 aromatic rings. The van der Waals surface area contributed by atoms with Crippen LogP contribution in [-0.4, -0.2) is 31.8 Å². The Morgan fingerprint density at radius 1 is 1.04 bits per heavy atom. The maximum Gasteiger partial charge on any atom is 0.332 e. The summed E-state index contributed by atoms with van der Waals surface area (Å²) in [6, 6.07) is 7.54. The first-order valence-corrected chi connectivity index (χ1v) is 9.01. The van der Waals surface area contributed by atoms with E-state index in [1.807, 2.05) is 28.8 Å². The highest BCUT2D eigenvalue weighted by atomic mass is 35.5. The van der Waals surface area contributed by atoms with Crippen molar-refractivity contribution in [1.82, 2.24) is 18.7 Å². The lowest BCUT2D eigenvalue weighted by molar-refractivity contribution is 0.701. The van der Waals surface area contributed by atoms with Crippen LogP contribution < -0.4 is 16.1 Å². The van der Waals surface area contributed by atoms with Crippen LogP contribution in [0.1, 0.15) is 18.4 Å². The summed E-state index contributed by atoms with van der Waals surface area (Å²) >= 11 is 5.99. The van der Waals surface area contributed by atoms with E-state index in [-0.39, 0.29) is 11.2 Å². The van der Waals surface area contributed by atoms with E-state index in [0.717, 1.165) is 42.0 Å². The third-order valence-electron chi connectivity index (χ3n) is 4.97. The number of aromatic nitrogens is 4. The maximum atomic E-state index is 12.8. The fraction of sp³-hybridized carbons (Fsp3) is 0.389. The Kier molecular flexibility index (Phi) is 4.11. The van der Waals surface area contributed by atoms with Gasteiger partial charge in [0.1, 0.15) is 0 Å². The molecule has 0 unspecified atom stereocenters. The van der Waals surface area contributed by atoms with E-state index >= 15 is 0 Å². The molecule has 0 saturated carbocycles. The molecule has 1 aromatic carbocycles. The number of imidazole rings is 1. The van der Waals surface area contributed by atoms with Crippen molar-refractivity contribution in [1.29, 1.82) is 0 Å². The van der Waals surface area contributed by atoms with Crippen molar-refractivity contribution in [3.8, 4) is 0 Å². The molecule has 0 radical (unpaired) electrons. The van der Waals surface area contributed by atoms with Gasteiger partial charge in [-0.25, -0.2) is 4.79 Å². The van der Waals surface area contributed by atoms with Crippen molar-refractivity contribution in [2.45, 2.75) is 19.4 Å². The summed E-state index contributed by atoms with van der Waals surface area (Å²) in [5.74, 6) is 0.741. The molecule has 0 bridgehead atoms. The molecule has 3 heterocycles. The molecule has 1 aliphatic rings. The lowest BCUT2D eigenvalue weighted by Gasteiger charge is -2.18. The van der Waals surface area contributed by atoms with Crippen LogP contribution in [0.3, 0.4) is 0 Å². The van der Waals surface area contributed by atoms with Crippen LogP contribution in [0.2, 0.25) is 5.02 Å². The summed E-state index contributed by atoms with van der Waals surface area (Å²) in [4.78, 5) is 32.0. The van der Waals surface area contributed by atoms with E-state index in [1.165, 1.54) is 11.6 Å². The third-order valence-corrected chi connectivity index (χ3v) is 5.22. The third kappa shape index (κ3) is 2.63. The molecule has 0 aliphatic carbocycles. The van der Waals surface area contributed by atoms with Crippen LogP contribution in [0.25, 0.3) is 11.2 Å². The molecule has 0 N–H and O–H groups in total. The summed E-state index contributed by atoms with van der Waals surface area (Å²) in [5.41, 5.74) is 1.20. The average Bonchev–Trinajstić information content (AvgIpc) is 3.28. The van der Waals surface area contributed by atoms with E-state index in [1.54, 1.807) is 7.05 Å². The van der Waals surface area contributed by atoms with E-state index in [2.05, 4.69) is 9.88 Å². The Hall–Kier alpha value is -2.54. The second kappa shape index (κ2) is 6.32. The first-order valence-electron chi connectivity index (χ1n) is 8.63. The molecule has 26 heavy (non-hydrogen) atoms. The highest BCUT2D eigenvalue weighted by molar-refractivity contribution is 6.30. The van der Waals surface area contributed by atoms with Gasteiger partial charge in [0.2, 0.25) is 5.95 Å². The van der Waals surface area contributed by atoms with Crippen LogP contribution in [0, 0.1) is 0 Å². The van der Waals surface area contributed by atoms with Crippen LogP contribution in [0.5, 0.6) is 0 Å². The van der Waals surface area contributed by atoms with Crippen molar-refractivity contribution in [3.63, 3.8) is 0 Å². The standard InChI is InChI=1S/C18H20ClN5O2/c1-21-15-14(16(25)22(2)18(21)26)24(11-12-5-7-13(19)8-6-12)17(20-15)23-9-3-4-10-23/h5-8H,3-4,9-11H2,1-2H3. The molecule has 0 amide bonds. The van der Waals surface area contributed by atoms with E-state index in [0.29, 0.717) is 22.7 Å². The fourth-order valence-electron chi connectivity index (χ4n) is 3.52. The fourth-order valence-corrected chi connectivity index (χ4v) is 3.64. The molecule has 2 aromatic heterocycles. The monoisotopic (exact) mass is 373 g/mol. The summed E-state index contributed by atoms with van der Waals surface area (Å²) in [7, 11) is 3.15. The number of hydrogen-bond acceptors (Lipinski definition) is 4. The Balaban J connectivity index is 1.98. The highest BCUT2D eigenvalue weighted by Crippen LogP contribution is 2.24. The largest absolute Gasteiger partial charge is 0.342 e. The normalized spacial score (nSPS) is 14.5. The van der Waals surface area contributed by atoms with E-state index in [4.69, 9.17) is 11.6 Å². The Labute approximate surface area is 155 Å². The first kappa shape index (κ1) is 16.9. The van der Waals surface area contributed by atoms with Crippen molar-refractivity contribution in [3.05, 3.63) is 55.7 Å². The number of halogens is 1. The van der Waals surface area contributed by atoms with Crippen LogP contribution in [0.4, 0.5) is 5.95 Å². The van der Waals surface area contributed by atoms with Gasteiger partial charge < -0.3 is 4.90 Å². The zero-order valence-corrected chi connectivity index (χ0v) is 15.5. The number of rotatable bonds is 3. The quantitative estimate of drug-likeness (QED) is 0.701. The Morgan fingerprint density at radius 3 is 2.35 bits per heavy atom. The zero-order chi connectivity index (χ0) is 18.4. The van der Waals surface area contributed by atoms with Gasteiger partial charge in [-0.1, -0.05) is 23.7 Å². The van der Waals surface area contributed by atoms with Gasteiger partial charge in [-0.2, -0.15) is 4.98 Å². The van der Waals surface area contributed by atoms with Gasteiger partial charge in [-0.05, 0) is 30.5 Å². The number of benzene rings is 1. The molecule has 1 aliphatic heterocycles. The number of nitrogens with zero attached hydrogens (tertiary/aromatic N) is 5. The minimum absolute atomic E-state index is 0.324. The molecule has 1 saturated heterocycles. The minimum Gasteiger partial charge on any atom is -0.342 e. The van der Waals surface area contributed by atoms with Crippen molar-refractivity contribution in [2.75, 3.05) is 18.0 Å². The Morgan fingerprint density at radius 2 is 1.69 bits per heavy atom. The minimum atomic E-state index is -0.369. The van der Waals surface area contributed by atoms with Gasteiger partial charge in [0.05, 0.1) is 6.54 Å². The number of anilines is 1. The van der Waals surface area contributed by atoms with Crippen molar-refractivity contribution >= 4 is 28.7 Å². The molecule has 8 heteroatoms. The summed E-state index contributed by atoms with van der Waals surface area (Å²) < 4.78 is 4.50. The summed E-state index contributed by atoms with van der Waals surface area (Å²) in [6.45, 7) is 2.29. The summed E-state index contributed by atoms with van der Waals surface area (Å²) in [5, 5.41) is 0.669. The lowest BCUT2D eigenvalue weighted by Crippen LogP contribution is -2.37. The van der Waals surface area contributed by atoms with Crippen molar-refractivity contribution in [2.24, 2.45) is 14.1 Å². The average molecular weight is 374 g/mol. The molecule has 0 atom stereocenters. The molecule has 136 valence electrons. The number of fused-ring (bicyclic) bond motifs is 1. The van der Waals surface area contributed by atoms with Gasteiger partial charge in [0.15, 0.2) is 11.2 Å². The van der Waals surface area contributed by atoms with E-state index in [9.17, 15) is 9.59 Å². The summed E-state index contributed by atoms with van der Waals surface area (Å²) in [6.07, 6.45) is 2.20. The molecule has 7 nitrogen and oxygen atoms in total. The van der Waals surface area contributed by atoms with Gasteiger partial charge in [0, 0.05) is 32.2 Å². The number of aryl methyl sites for hydroxylation is 1. The van der Waals surface area contributed by atoms with Crippen LogP contribution in [-0.2, 0) is 20.6 Å². The Bertz CT molecular complexity index is 1090. The smallest absolute Gasteiger partial charge is 0.332 e. The van der Waals surface area contributed by atoms with Gasteiger partial charge in [-0.15, -0.1) is 0 Å².